The van der Waals surface area contributed by atoms with Crippen LogP contribution in [-0.4, -0.2) is 26.0 Å². The van der Waals surface area contributed by atoms with Crippen molar-refractivity contribution in [3.05, 3.63) is 15.8 Å². The minimum absolute atomic E-state index is 0.0358. The standard InChI is InChI=1S/C12H19NO4S2/c1-8-10(7-9(18-8)11(14)15)19(16,17)13-6-5-12(2,3)4/h7,13H,5-6H2,1-4H3,(H,14,15). The number of carbonyl (C=O) groups is 1. The maximum atomic E-state index is 12.1. The van der Waals surface area contributed by atoms with Gasteiger partial charge >= 0.3 is 5.97 Å². The van der Waals surface area contributed by atoms with Crippen LogP contribution in [-0.2, 0) is 10.0 Å². The second kappa shape index (κ2) is 5.60. The Morgan fingerprint density at radius 2 is 2.00 bits per heavy atom. The van der Waals surface area contributed by atoms with Crippen LogP contribution in [0.5, 0.6) is 0 Å². The molecule has 0 unspecified atom stereocenters. The van der Waals surface area contributed by atoms with Crippen LogP contribution in [0.4, 0.5) is 0 Å². The van der Waals surface area contributed by atoms with Gasteiger partial charge in [-0.15, -0.1) is 11.3 Å². The Bertz CT molecular complexity index is 567. The molecule has 19 heavy (non-hydrogen) atoms. The molecule has 0 aromatic carbocycles. The Balaban J connectivity index is 2.86. The molecule has 1 aromatic heterocycles. The highest BCUT2D eigenvalue weighted by Crippen LogP contribution is 2.26. The number of nitrogens with one attached hydrogen (secondary N) is 1. The zero-order valence-electron chi connectivity index (χ0n) is 11.5. The van der Waals surface area contributed by atoms with Crippen molar-refractivity contribution >= 4 is 27.3 Å². The third-order valence-corrected chi connectivity index (χ3v) is 5.29. The Hall–Kier alpha value is -0.920. The van der Waals surface area contributed by atoms with Crippen LogP contribution >= 0.6 is 11.3 Å². The molecule has 0 atom stereocenters. The number of carboxylic acids is 1. The minimum Gasteiger partial charge on any atom is -0.477 e. The van der Waals surface area contributed by atoms with Gasteiger partial charge in [-0.05, 0) is 24.8 Å². The summed E-state index contributed by atoms with van der Waals surface area (Å²) in [6.45, 7) is 8.03. The van der Waals surface area contributed by atoms with Crippen LogP contribution in [0.25, 0.3) is 0 Å². The molecule has 1 heterocycles. The Morgan fingerprint density at radius 3 is 2.42 bits per heavy atom. The molecule has 0 spiro atoms. The van der Waals surface area contributed by atoms with E-state index in [1.54, 1.807) is 6.92 Å². The average molecular weight is 305 g/mol. The molecule has 5 nitrogen and oxygen atoms in total. The first-order valence-corrected chi connectivity index (χ1v) is 8.16. The summed E-state index contributed by atoms with van der Waals surface area (Å²) >= 11 is 0.970. The van der Waals surface area contributed by atoms with Crippen molar-refractivity contribution in [3.63, 3.8) is 0 Å². The van der Waals surface area contributed by atoms with E-state index >= 15 is 0 Å². The maximum absolute atomic E-state index is 12.1. The fourth-order valence-electron chi connectivity index (χ4n) is 1.48. The Labute approximate surface area is 117 Å². The molecule has 2 N–H and O–H groups in total. The highest BCUT2D eigenvalue weighted by molar-refractivity contribution is 7.89. The van der Waals surface area contributed by atoms with Gasteiger partial charge in [-0.1, -0.05) is 20.8 Å². The van der Waals surface area contributed by atoms with Crippen molar-refractivity contribution < 1.29 is 18.3 Å². The molecule has 0 saturated carbocycles. The largest absolute Gasteiger partial charge is 0.477 e. The average Bonchev–Trinajstić information content (AvgIpc) is 2.58. The molecule has 0 radical (unpaired) electrons. The molecule has 0 aliphatic rings. The number of aromatic carboxylic acids is 1. The van der Waals surface area contributed by atoms with Gasteiger partial charge in [0, 0.05) is 11.4 Å². The van der Waals surface area contributed by atoms with Gasteiger partial charge in [0.2, 0.25) is 10.0 Å². The molecule has 0 fully saturated rings. The van der Waals surface area contributed by atoms with E-state index in [1.165, 1.54) is 6.07 Å². The van der Waals surface area contributed by atoms with Gasteiger partial charge in [0.15, 0.2) is 0 Å². The number of aryl methyl sites for hydroxylation is 1. The van der Waals surface area contributed by atoms with Gasteiger partial charge in [-0.3, -0.25) is 0 Å². The lowest BCUT2D eigenvalue weighted by Crippen LogP contribution is -2.27. The number of thiophene rings is 1. The summed E-state index contributed by atoms with van der Waals surface area (Å²) in [7, 11) is -3.63. The SMILES string of the molecule is Cc1sc(C(=O)O)cc1S(=O)(=O)NCCC(C)(C)C. The summed E-state index contributed by atoms with van der Waals surface area (Å²) in [5.74, 6) is -1.11. The van der Waals surface area contributed by atoms with Crippen molar-refractivity contribution in [1.82, 2.24) is 4.72 Å². The highest BCUT2D eigenvalue weighted by Gasteiger charge is 2.22. The Morgan fingerprint density at radius 1 is 1.42 bits per heavy atom. The summed E-state index contributed by atoms with van der Waals surface area (Å²) in [4.78, 5) is 11.4. The third kappa shape index (κ3) is 4.59. The van der Waals surface area contributed by atoms with E-state index in [0.717, 1.165) is 11.3 Å². The highest BCUT2D eigenvalue weighted by atomic mass is 32.2. The number of hydrogen-bond acceptors (Lipinski definition) is 4. The molecular formula is C12H19NO4S2. The first kappa shape index (κ1) is 16.1. The summed E-state index contributed by atoms with van der Waals surface area (Å²) in [5, 5.41) is 8.87. The quantitative estimate of drug-likeness (QED) is 0.875. The number of rotatable bonds is 5. The lowest BCUT2D eigenvalue weighted by atomic mass is 9.93. The zero-order valence-corrected chi connectivity index (χ0v) is 13.1. The fraction of sp³-hybridized carbons (Fsp3) is 0.583. The Kier molecular flexibility index (Phi) is 4.76. The molecule has 108 valence electrons. The zero-order chi connectivity index (χ0) is 14.8. The molecule has 0 aliphatic carbocycles. The van der Waals surface area contributed by atoms with Gasteiger partial charge in [0.05, 0.1) is 4.90 Å². The first-order valence-electron chi connectivity index (χ1n) is 5.86. The third-order valence-electron chi connectivity index (χ3n) is 2.54. The predicted octanol–water partition coefficient (Wildman–Crippen LogP) is 2.47. The molecule has 0 amide bonds. The van der Waals surface area contributed by atoms with Gasteiger partial charge in [0.25, 0.3) is 0 Å². The van der Waals surface area contributed by atoms with Crippen LogP contribution in [0.2, 0.25) is 0 Å². The molecule has 1 rings (SSSR count). The summed E-state index contributed by atoms with van der Waals surface area (Å²) in [5.41, 5.74) is 0.0401. The van der Waals surface area contributed by atoms with Crippen LogP contribution in [0.1, 0.15) is 41.7 Å². The van der Waals surface area contributed by atoms with E-state index in [1.807, 2.05) is 20.8 Å². The van der Waals surface area contributed by atoms with E-state index in [2.05, 4.69) is 4.72 Å². The van der Waals surface area contributed by atoms with Crippen LogP contribution in [0.15, 0.2) is 11.0 Å². The van der Waals surface area contributed by atoms with Gasteiger partial charge < -0.3 is 5.11 Å². The molecule has 7 heteroatoms. The lowest BCUT2D eigenvalue weighted by molar-refractivity contribution is 0.0702. The van der Waals surface area contributed by atoms with Crippen molar-refractivity contribution in [2.24, 2.45) is 5.41 Å². The smallest absolute Gasteiger partial charge is 0.345 e. The van der Waals surface area contributed by atoms with Gasteiger partial charge in [-0.25, -0.2) is 17.9 Å². The van der Waals surface area contributed by atoms with E-state index < -0.39 is 16.0 Å². The number of carboxylic acid groups (broad SMARTS) is 1. The van der Waals surface area contributed by atoms with E-state index in [0.29, 0.717) is 17.8 Å². The first-order chi connectivity index (χ1) is 8.53. The molecule has 0 aliphatic heterocycles. The molecule has 0 saturated heterocycles. The van der Waals surface area contributed by atoms with Crippen molar-refractivity contribution in [3.8, 4) is 0 Å². The van der Waals surface area contributed by atoms with Crippen LogP contribution in [0, 0.1) is 12.3 Å². The lowest BCUT2D eigenvalue weighted by Gasteiger charge is -2.17. The second-order valence-electron chi connectivity index (χ2n) is 5.54. The number of hydrogen-bond donors (Lipinski definition) is 2. The molecule has 1 aromatic rings. The van der Waals surface area contributed by atoms with Crippen molar-refractivity contribution in [2.75, 3.05) is 6.54 Å². The summed E-state index contributed by atoms with van der Waals surface area (Å²) in [6, 6.07) is 1.21. The van der Waals surface area contributed by atoms with Crippen molar-refractivity contribution in [1.29, 1.82) is 0 Å². The predicted molar refractivity (Wildman–Crippen MR) is 75.3 cm³/mol. The second-order valence-corrected chi connectivity index (χ2v) is 8.54. The van der Waals surface area contributed by atoms with Crippen LogP contribution in [0.3, 0.4) is 0 Å². The van der Waals surface area contributed by atoms with Crippen LogP contribution < -0.4 is 4.72 Å². The van der Waals surface area contributed by atoms with E-state index in [-0.39, 0.29) is 15.2 Å². The van der Waals surface area contributed by atoms with Gasteiger partial charge in [0.1, 0.15) is 4.88 Å². The molecular weight excluding hydrogens is 286 g/mol. The topological polar surface area (TPSA) is 83.5 Å². The summed E-state index contributed by atoms with van der Waals surface area (Å²) in [6.07, 6.45) is 0.710. The fourth-order valence-corrected chi connectivity index (χ4v) is 3.94. The minimum atomic E-state index is -3.63. The maximum Gasteiger partial charge on any atom is 0.345 e. The summed E-state index contributed by atoms with van der Waals surface area (Å²) < 4.78 is 26.7. The van der Waals surface area contributed by atoms with Crippen molar-refractivity contribution in [2.45, 2.75) is 39.0 Å². The number of sulfonamides is 1. The van der Waals surface area contributed by atoms with E-state index in [4.69, 9.17) is 5.11 Å². The molecule has 0 bridgehead atoms. The van der Waals surface area contributed by atoms with Gasteiger partial charge in [-0.2, -0.15) is 0 Å². The monoisotopic (exact) mass is 305 g/mol. The van der Waals surface area contributed by atoms with E-state index in [9.17, 15) is 13.2 Å². The normalized spacial score (nSPS) is 12.6.